The van der Waals surface area contributed by atoms with Crippen molar-refractivity contribution in [1.82, 2.24) is 9.47 Å². The Labute approximate surface area is 185 Å². The summed E-state index contributed by atoms with van der Waals surface area (Å²) in [6.45, 7) is 1.17. The standard InChI is InChI=1S/C24H23ClN2O4/c1-29-18-12-16(13-19(15-18)30-2)23(28)26-10-7-24(8-11-26)22-4-3-9-27(22)20-6-5-17(25)14-21(20)31-24/h3-6,9,12-15H,7-8,10-11H2,1-2H3. The third-order valence-corrected chi connectivity index (χ3v) is 6.39. The van der Waals surface area contributed by atoms with Crippen LogP contribution in [-0.2, 0) is 5.60 Å². The van der Waals surface area contributed by atoms with Crippen molar-refractivity contribution in [2.45, 2.75) is 18.4 Å². The highest BCUT2D eigenvalue weighted by molar-refractivity contribution is 6.30. The number of methoxy groups -OCH3 is 2. The predicted octanol–water partition coefficient (Wildman–Crippen LogP) is 4.67. The fourth-order valence-electron chi connectivity index (χ4n) is 4.54. The van der Waals surface area contributed by atoms with Crippen LogP contribution in [0.4, 0.5) is 0 Å². The number of benzene rings is 2. The minimum atomic E-state index is -0.482. The Morgan fingerprint density at radius 3 is 2.42 bits per heavy atom. The van der Waals surface area contributed by atoms with E-state index in [0.717, 1.165) is 17.1 Å². The molecule has 0 saturated carbocycles. The Balaban J connectivity index is 1.40. The minimum absolute atomic E-state index is 0.0401. The molecule has 0 N–H and O–H groups in total. The highest BCUT2D eigenvalue weighted by Crippen LogP contribution is 2.45. The van der Waals surface area contributed by atoms with Crippen LogP contribution in [0, 0.1) is 0 Å². The van der Waals surface area contributed by atoms with Crippen molar-refractivity contribution in [1.29, 1.82) is 0 Å². The van der Waals surface area contributed by atoms with Gasteiger partial charge >= 0.3 is 0 Å². The van der Waals surface area contributed by atoms with Gasteiger partial charge in [0.15, 0.2) is 5.60 Å². The normalized spacial score (nSPS) is 16.3. The van der Waals surface area contributed by atoms with E-state index in [0.29, 0.717) is 48.0 Å². The highest BCUT2D eigenvalue weighted by Gasteiger charge is 2.44. The minimum Gasteiger partial charge on any atom is -0.497 e. The van der Waals surface area contributed by atoms with Gasteiger partial charge in [-0.1, -0.05) is 11.6 Å². The fraction of sp³-hybridized carbons (Fsp3) is 0.292. The van der Waals surface area contributed by atoms with Crippen LogP contribution >= 0.6 is 11.6 Å². The van der Waals surface area contributed by atoms with Crippen molar-refractivity contribution in [3.05, 3.63) is 71.0 Å². The third-order valence-electron chi connectivity index (χ3n) is 6.16. The van der Waals surface area contributed by atoms with Crippen LogP contribution in [0.25, 0.3) is 5.69 Å². The summed E-state index contributed by atoms with van der Waals surface area (Å²) in [4.78, 5) is 15.1. The number of amides is 1. The number of aromatic nitrogens is 1. The number of ether oxygens (including phenoxy) is 3. The van der Waals surface area contributed by atoms with Crippen LogP contribution in [0.2, 0.25) is 5.02 Å². The summed E-state index contributed by atoms with van der Waals surface area (Å²) in [6, 6.07) is 15.1. The van der Waals surface area contributed by atoms with E-state index >= 15 is 0 Å². The lowest BCUT2D eigenvalue weighted by atomic mass is 9.86. The van der Waals surface area contributed by atoms with Gasteiger partial charge in [0.2, 0.25) is 0 Å². The largest absolute Gasteiger partial charge is 0.497 e. The van der Waals surface area contributed by atoms with Gasteiger partial charge in [-0.05, 0) is 36.4 Å². The van der Waals surface area contributed by atoms with E-state index in [2.05, 4.69) is 10.6 Å². The van der Waals surface area contributed by atoms with E-state index in [4.69, 9.17) is 25.8 Å². The monoisotopic (exact) mass is 438 g/mol. The summed E-state index contributed by atoms with van der Waals surface area (Å²) in [5, 5.41) is 0.643. The van der Waals surface area contributed by atoms with Gasteiger partial charge in [0.25, 0.3) is 5.91 Å². The number of rotatable bonds is 3. The first kappa shape index (κ1) is 19.8. The molecule has 5 rings (SSSR count). The van der Waals surface area contributed by atoms with Crippen LogP contribution in [0.15, 0.2) is 54.7 Å². The zero-order valence-electron chi connectivity index (χ0n) is 17.4. The molecule has 3 heterocycles. The van der Waals surface area contributed by atoms with Crippen molar-refractivity contribution in [3.8, 4) is 22.9 Å². The van der Waals surface area contributed by atoms with E-state index in [1.54, 1.807) is 32.4 Å². The molecule has 0 unspecified atom stereocenters. The van der Waals surface area contributed by atoms with Crippen LogP contribution in [0.3, 0.4) is 0 Å². The van der Waals surface area contributed by atoms with Gasteiger partial charge < -0.3 is 23.7 Å². The fourth-order valence-corrected chi connectivity index (χ4v) is 4.70. The molecule has 1 saturated heterocycles. The maximum absolute atomic E-state index is 13.2. The van der Waals surface area contributed by atoms with Gasteiger partial charge in [0, 0.05) is 54.8 Å². The Morgan fingerprint density at radius 1 is 1.03 bits per heavy atom. The van der Waals surface area contributed by atoms with E-state index < -0.39 is 5.60 Å². The van der Waals surface area contributed by atoms with Crippen molar-refractivity contribution >= 4 is 17.5 Å². The number of hydrogen-bond acceptors (Lipinski definition) is 4. The summed E-state index contributed by atoms with van der Waals surface area (Å²) in [5.74, 6) is 1.92. The van der Waals surface area contributed by atoms with E-state index in [1.807, 2.05) is 35.4 Å². The van der Waals surface area contributed by atoms with Crippen molar-refractivity contribution in [3.63, 3.8) is 0 Å². The Kier molecular flexibility index (Phi) is 4.82. The lowest BCUT2D eigenvalue weighted by molar-refractivity contribution is -0.00931. The first-order valence-electron chi connectivity index (χ1n) is 10.2. The number of carbonyl (C=O) groups excluding carboxylic acids is 1. The van der Waals surface area contributed by atoms with Crippen molar-refractivity contribution in [2.24, 2.45) is 0 Å². The van der Waals surface area contributed by atoms with Gasteiger partial charge in [-0.3, -0.25) is 4.79 Å². The van der Waals surface area contributed by atoms with Gasteiger partial charge in [-0.15, -0.1) is 0 Å². The van der Waals surface area contributed by atoms with Crippen molar-refractivity contribution in [2.75, 3.05) is 27.3 Å². The van der Waals surface area contributed by atoms with Crippen LogP contribution < -0.4 is 14.2 Å². The molecule has 2 aliphatic heterocycles. The maximum atomic E-state index is 13.2. The Bertz CT molecular complexity index is 1130. The first-order valence-corrected chi connectivity index (χ1v) is 10.6. The lowest BCUT2D eigenvalue weighted by Crippen LogP contribution is -2.50. The van der Waals surface area contributed by atoms with Gasteiger partial charge in [0.1, 0.15) is 17.2 Å². The molecule has 1 aromatic heterocycles. The Morgan fingerprint density at radius 2 is 1.74 bits per heavy atom. The lowest BCUT2D eigenvalue weighted by Gasteiger charge is -2.45. The molecule has 1 spiro atoms. The van der Waals surface area contributed by atoms with Gasteiger partial charge in [-0.2, -0.15) is 0 Å². The number of likely N-dealkylation sites (tertiary alicyclic amines) is 1. The molecule has 7 heteroatoms. The number of fused-ring (bicyclic) bond motifs is 4. The molecule has 1 amide bonds. The average molecular weight is 439 g/mol. The van der Waals surface area contributed by atoms with Crippen LogP contribution in [0.1, 0.15) is 28.9 Å². The molecular weight excluding hydrogens is 416 g/mol. The molecule has 1 fully saturated rings. The van der Waals surface area contributed by atoms with Crippen molar-refractivity contribution < 1.29 is 19.0 Å². The highest BCUT2D eigenvalue weighted by atomic mass is 35.5. The number of hydrogen-bond donors (Lipinski definition) is 0. The molecule has 2 aliphatic rings. The van der Waals surface area contributed by atoms with Gasteiger partial charge in [-0.25, -0.2) is 0 Å². The maximum Gasteiger partial charge on any atom is 0.254 e. The number of carbonyl (C=O) groups is 1. The molecule has 3 aromatic rings. The molecule has 0 atom stereocenters. The summed E-state index contributed by atoms with van der Waals surface area (Å²) in [6.07, 6.45) is 3.43. The molecule has 6 nitrogen and oxygen atoms in total. The molecule has 160 valence electrons. The smallest absolute Gasteiger partial charge is 0.254 e. The second-order valence-corrected chi connectivity index (χ2v) is 8.30. The molecular formula is C24H23ClN2O4. The topological polar surface area (TPSA) is 52.9 Å². The molecule has 0 aliphatic carbocycles. The predicted molar refractivity (Wildman–Crippen MR) is 118 cm³/mol. The number of halogens is 1. The summed E-state index contributed by atoms with van der Waals surface area (Å²) in [5.41, 5.74) is 2.16. The molecule has 31 heavy (non-hydrogen) atoms. The second-order valence-electron chi connectivity index (χ2n) is 7.87. The summed E-state index contributed by atoms with van der Waals surface area (Å²) < 4.78 is 19.3. The van der Waals surface area contributed by atoms with Crippen LogP contribution in [-0.4, -0.2) is 42.7 Å². The zero-order valence-corrected chi connectivity index (χ0v) is 18.2. The van der Waals surface area contributed by atoms with E-state index in [1.165, 1.54) is 0 Å². The van der Waals surface area contributed by atoms with Crippen LogP contribution in [0.5, 0.6) is 17.2 Å². The quantitative estimate of drug-likeness (QED) is 0.596. The van der Waals surface area contributed by atoms with E-state index in [-0.39, 0.29) is 5.91 Å². The SMILES string of the molecule is COc1cc(OC)cc(C(=O)N2CCC3(CC2)Oc2cc(Cl)ccc2-n2cccc23)c1. The number of nitrogens with zero attached hydrogens (tertiary/aromatic N) is 2. The first-order chi connectivity index (χ1) is 15.0. The molecule has 0 bridgehead atoms. The molecule has 0 radical (unpaired) electrons. The zero-order chi connectivity index (χ0) is 21.6. The average Bonchev–Trinajstić information content (AvgIpc) is 3.30. The van der Waals surface area contributed by atoms with Gasteiger partial charge in [0.05, 0.1) is 25.6 Å². The summed E-state index contributed by atoms with van der Waals surface area (Å²) in [7, 11) is 3.15. The number of piperidine rings is 1. The molecule has 2 aromatic carbocycles. The Hall–Kier alpha value is -3.12. The van der Waals surface area contributed by atoms with E-state index in [9.17, 15) is 4.79 Å². The second kappa shape index (κ2) is 7.54. The third kappa shape index (κ3) is 3.31. The summed E-state index contributed by atoms with van der Waals surface area (Å²) >= 11 is 6.22.